The fourth-order valence-corrected chi connectivity index (χ4v) is 9.38. The molecule has 0 radical (unpaired) electrons. The molecule has 34 heavy (non-hydrogen) atoms. The van der Waals surface area contributed by atoms with E-state index in [0.717, 1.165) is 6.42 Å². The van der Waals surface area contributed by atoms with Gasteiger partial charge in [0, 0.05) is 0 Å². The van der Waals surface area contributed by atoms with Crippen molar-refractivity contribution in [3.8, 4) is 0 Å². The maximum atomic E-state index is 2.52. The zero-order chi connectivity index (χ0) is 23.2. The zero-order valence-electron chi connectivity index (χ0n) is 19.4. The number of rotatable bonds is 7. The van der Waals surface area contributed by atoms with Gasteiger partial charge in [0.25, 0.3) is 0 Å². The average molecular weight is 475 g/mol. The standard InChI is InChI=1S/C32H28P2/c1-2-26-23-24-31(33(27-15-7-3-8-16-27)28-17-9-4-10-18-28)25-32(26)34(29-19-11-5-12-20-29)30-21-13-6-14-22-30/h3-25H,2H2,1H3. The second-order valence-electron chi connectivity index (χ2n) is 8.18. The Labute approximate surface area is 205 Å². The molecule has 0 N–H and O–H groups in total. The first-order valence-corrected chi connectivity index (χ1v) is 14.5. The highest BCUT2D eigenvalue weighted by atomic mass is 31.1. The molecule has 0 aromatic heterocycles. The van der Waals surface area contributed by atoms with E-state index in [1.807, 2.05) is 0 Å². The average Bonchev–Trinajstić information content (AvgIpc) is 2.92. The third-order valence-corrected chi connectivity index (χ3v) is 11.0. The topological polar surface area (TPSA) is 0 Å². The Balaban J connectivity index is 1.71. The summed E-state index contributed by atoms with van der Waals surface area (Å²) in [6.45, 7) is 2.28. The molecular weight excluding hydrogens is 446 g/mol. The van der Waals surface area contributed by atoms with Crippen LogP contribution in [0.2, 0.25) is 0 Å². The van der Waals surface area contributed by atoms with Gasteiger partial charge in [0.05, 0.1) is 0 Å². The zero-order valence-corrected chi connectivity index (χ0v) is 21.2. The highest BCUT2D eigenvalue weighted by molar-refractivity contribution is 7.81. The lowest BCUT2D eigenvalue weighted by Gasteiger charge is -2.25. The van der Waals surface area contributed by atoms with Crippen LogP contribution in [-0.4, -0.2) is 0 Å². The molecule has 166 valence electrons. The van der Waals surface area contributed by atoms with Gasteiger partial charge in [-0.3, -0.25) is 0 Å². The molecule has 5 aromatic carbocycles. The van der Waals surface area contributed by atoms with Gasteiger partial charge in [-0.1, -0.05) is 140 Å². The minimum Gasteiger partial charge on any atom is -0.0622 e. The molecule has 0 bridgehead atoms. The highest BCUT2D eigenvalue weighted by Crippen LogP contribution is 2.37. The quantitative estimate of drug-likeness (QED) is 0.263. The van der Waals surface area contributed by atoms with E-state index in [-0.39, 0.29) is 0 Å². The van der Waals surface area contributed by atoms with Crippen molar-refractivity contribution in [1.29, 1.82) is 0 Å². The first-order valence-electron chi connectivity index (χ1n) is 11.8. The second kappa shape index (κ2) is 10.9. The van der Waals surface area contributed by atoms with Crippen LogP contribution in [0, 0.1) is 0 Å². The Hall–Kier alpha value is -3.04. The summed E-state index contributed by atoms with van der Waals surface area (Å²) in [6.07, 6.45) is 1.03. The second-order valence-corrected chi connectivity index (χ2v) is 12.6. The van der Waals surface area contributed by atoms with E-state index in [4.69, 9.17) is 0 Å². The molecule has 0 saturated heterocycles. The molecular formula is C32H28P2. The largest absolute Gasteiger partial charge is 0.0622 e. The Morgan fingerprint density at radius 2 is 0.794 bits per heavy atom. The fraction of sp³-hybridized carbons (Fsp3) is 0.0625. The van der Waals surface area contributed by atoms with Crippen molar-refractivity contribution in [1.82, 2.24) is 0 Å². The van der Waals surface area contributed by atoms with Gasteiger partial charge in [-0.05, 0) is 65.7 Å². The Morgan fingerprint density at radius 1 is 0.412 bits per heavy atom. The van der Waals surface area contributed by atoms with Gasteiger partial charge in [-0.2, -0.15) is 0 Å². The molecule has 0 fully saturated rings. The summed E-state index contributed by atoms with van der Waals surface area (Å²) in [5, 5.41) is 8.48. The predicted molar refractivity (Wildman–Crippen MR) is 153 cm³/mol. The summed E-state index contributed by atoms with van der Waals surface area (Å²) in [7, 11) is -1.27. The summed E-state index contributed by atoms with van der Waals surface area (Å²) in [6, 6.07) is 51.4. The maximum absolute atomic E-state index is 2.52. The van der Waals surface area contributed by atoms with Crippen molar-refractivity contribution < 1.29 is 0 Å². The van der Waals surface area contributed by atoms with Crippen LogP contribution in [0.3, 0.4) is 0 Å². The predicted octanol–water partition coefficient (Wildman–Crippen LogP) is 5.77. The van der Waals surface area contributed by atoms with E-state index in [0.29, 0.717) is 0 Å². The Kier molecular flexibility index (Phi) is 7.31. The Morgan fingerprint density at radius 3 is 1.18 bits per heavy atom. The van der Waals surface area contributed by atoms with Crippen molar-refractivity contribution in [2.75, 3.05) is 0 Å². The summed E-state index contributed by atoms with van der Waals surface area (Å²) >= 11 is 0. The normalized spacial score (nSPS) is 11.1. The van der Waals surface area contributed by atoms with E-state index < -0.39 is 15.8 Å². The van der Waals surface area contributed by atoms with Crippen LogP contribution in [0.25, 0.3) is 0 Å². The van der Waals surface area contributed by atoms with Crippen molar-refractivity contribution >= 4 is 47.7 Å². The summed E-state index contributed by atoms with van der Waals surface area (Å²) < 4.78 is 0. The van der Waals surface area contributed by atoms with Gasteiger partial charge < -0.3 is 0 Å². The van der Waals surface area contributed by atoms with Gasteiger partial charge in [0.15, 0.2) is 0 Å². The van der Waals surface area contributed by atoms with Crippen molar-refractivity contribution in [2.45, 2.75) is 13.3 Å². The lowest BCUT2D eigenvalue weighted by atomic mass is 10.2. The smallest absolute Gasteiger partial charge is 0.0113 e. The molecule has 2 heteroatoms. The molecule has 5 rings (SSSR count). The van der Waals surface area contributed by atoms with Crippen LogP contribution >= 0.6 is 15.8 Å². The molecule has 0 heterocycles. The third kappa shape index (κ3) is 4.90. The Bertz CT molecular complexity index is 1240. The van der Waals surface area contributed by atoms with E-state index in [1.54, 1.807) is 0 Å². The highest BCUT2D eigenvalue weighted by Gasteiger charge is 2.22. The van der Waals surface area contributed by atoms with Gasteiger partial charge in [0.2, 0.25) is 0 Å². The van der Waals surface area contributed by atoms with Crippen LogP contribution in [0.1, 0.15) is 12.5 Å². The van der Waals surface area contributed by atoms with E-state index in [1.165, 1.54) is 37.4 Å². The van der Waals surface area contributed by atoms with Gasteiger partial charge >= 0.3 is 0 Å². The molecule has 0 aliphatic heterocycles. The summed E-state index contributed by atoms with van der Waals surface area (Å²) in [5.74, 6) is 0. The molecule has 0 aliphatic rings. The monoisotopic (exact) mass is 474 g/mol. The van der Waals surface area contributed by atoms with Crippen molar-refractivity contribution in [2.24, 2.45) is 0 Å². The molecule has 0 spiro atoms. The van der Waals surface area contributed by atoms with E-state index in [2.05, 4.69) is 146 Å². The van der Waals surface area contributed by atoms with Crippen LogP contribution in [0.4, 0.5) is 0 Å². The molecule has 0 saturated carbocycles. The SMILES string of the molecule is CCc1ccc(P(c2ccccc2)c2ccccc2)cc1P(c1ccccc1)c1ccccc1. The van der Waals surface area contributed by atoms with Crippen LogP contribution in [-0.2, 0) is 6.42 Å². The molecule has 0 atom stereocenters. The number of hydrogen-bond donors (Lipinski definition) is 0. The molecule has 0 unspecified atom stereocenters. The summed E-state index contributed by atoms with van der Waals surface area (Å²) in [5.41, 5.74) is 1.44. The molecule has 0 amide bonds. The molecule has 5 aromatic rings. The fourth-order valence-electron chi connectivity index (χ4n) is 4.38. The first kappa shape index (κ1) is 22.7. The number of benzene rings is 5. The minimum absolute atomic E-state index is 0.632. The van der Waals surface area contributed by atoms with Gasteiger partial charge in [0.1, 0.15) is 0 Å². The van der Waals surface area contributed by atoms with Crippen molar-refractivity contribution in [3.05, 3.63) is 145 Å². The molecule has 0 nitrogen and oxygen atoms in total. The van der Waals surface area contributed by atoms with Crippen LogP contribution < -0.4 is 31.8 Å². The lowest BCUT2D eigenvalue weighted by molar-refractivity contribution is 1.16. The van der Waals surface area contributed by atoms with Gasteiger partial charge in [-0.15, -0.1) is 0 Å². The summed E-state index contributed by atoms with van der Waals surface area (Å²) in [4.78, 5) is 0. The minimum atomic E-state index is -0.641. The third-order valence-electron chi connectivity index (χ3n) is 6.01. The van der Waals surface area contributed by atoms with E-state index in [9.17, 15) is 0 Å². The van der Waals surface area contributed by atoms with Crippen molar-refractivity contribution in [3.63, 3.8) is 0 Å². The van der Waals surface area contributed by atoms with E-state index >= 15 is 0 Å². The lowest BCUT2D eigenvalue weighted by Crippen LogP contribution is -2.28. The number of hydrogen-bond acceptors (Lipinski definition) is 0. The van der Waals surface area contributed by atoms with Gasteiger partial charge in [-0.25, -0.2) is 0 Å². The number of aryl methyl sites for hydroxylation is 1. The maximum Gasteiger partial charge on any atom is -0.0113 e. The van der Waals surface area contributed by atoms with Crippen LogP contribution in [0.15, 0.2) is 140 Å². The molecule has 0 aliphatic carbocycles. The first-order chi connectivity index (χ1) is 16.8. The van der Waals surface area contributed by atoms with Crippen LogP contribution in [0.5, 0.6) is 0 Å².